The lowest BCUT2D eigenvalue weighted by atomic mass is 9.54. The second kappa shape index (κ2) is 9.00. The third-order valence-electron chi connectivity index (χ3n) is 9.95. The van der Waals surface area contributed by atoms with E-state index >= 15 is 0 Å². The lowest BCUT2D eigenvalue weighted by molar-refractivity contribution is -0.137. The van der Waals surface area contributed by atoms with Gasteiger partial charge in [0.25, 0.3) is 0 Å². The molecule has 4 nitrogen and oxygen atoms in total. The first kappa shape index (κ1) is 26.9. The standard InChI is InChI=1S/C35H31F3N2O2/c1-19-14-15-34(4)25(16-19)28-30-29(23-10-5-6-11-24(23)32(28)42-33(34,2)3)39-26-13-12-21(18-27(26)40-30)31(41)20-8-7-9-22(17-20)35(36,37)38/h5-13,17-19,25H,14-16H2,1-4H3/t19-,25+,34-/m0/s1. The van der Waals surface area contributed by atoms with Gasteiger partial charge in [-0.15, -0.1) is 0 Å². The maximum Gasteiger partial charge on any atom is 0.416 e. The van der Waals surface area contributed by atoms with Crippen molar-refractivity contribution in [2.24, 2.45) is 11.3 Å². The molecule has 1 aromatic heterocycles. The number of nitrogens with zero attached hydrogens (tertiary/aromatic N) is 2. The lowest BCUT2D eigenvalue weighted by Gasteiger charge is -2.56. The van der Waals surface area contributed by atoms with E-state index in [1.165, 1.54) is 12.1 Å². The summed E-state index contributed by atoms with van der Waals surface area (Å²) < 4.78 is 46.9. The quantitative estimate of drug-likeness (QED) is 0.121. The van der Waals surface area contributed by atoms with Crippen molar-refractivity contribution in [2.45, 2.75) is 64.7 Å². The number of fused-ring (bicyclic) bond motifs is 9. The SMILES string of the molecule is C[C@H]1CC[C@@]2(C)[C@H](C1)c1c(c3ccccc3c3nc4ccc(C(=O)c5cccc(C(F)(F)F)c5)cc4nc13)OC2(C)C. The van der Waals surface area contributed by atoms with Crippen LogP contribution in [0.25, 0.3) is 32.8 Å². The van der Waals surface area contributed by atoms with Gasteiger partial charge in [0.15, 0.2) is 5.78 Å². The number of aromatic nitrogens is 2. The monoisotopic (exact) mass is 568 g/mol. The fourth-order valence-corrected chi connectivity index (χ4v) is 7.18. The average molecular weight is 569 g/mol. The zero-order valence-electron chi connectivity index (χ0n) is 24.0. The van der Waals surface area contributed by atoms with Crippen LogP contribution in [0, 0.1) is 11.3 Å². The van der Waals surface area contributed by atoms with Gasteiger partial charge in [0, 0.05) is 32.9 Å². The van der Waals surface area contributed by atoms with E-state index in [-0.39, 0.29) is 22.5 Å². The summed E-state index contributed by atoms with van der Waals surface area (Å²) in [6.45, 7) is 9.01. The molecule has 1 fully saturated rings. The second-order valence-corrected chi connectivity index (χ2v) is 12.8. The summed E-state index contributed by atoms with van der Waals surface area (Å²) in [7, 11) is 0. The van der Waals surface area contributed by atoms with Gasteiger partial charge in [-0.25, -0.2) is 9.97 Å². The van der Waals surface area contributed by atoms with Crippen LogP contribution in [-0.4, -0.2) is 21.4 Å². The van der Waals surface area contributed by atoms with Gasteiger partial charge in [-0.3, -0.25) is 4.79 Å². The minimum Gasteiger partial charge on any atom is -0.486 e. The first-order valence-electron chi connectivity index (χ1n) is 14.4. The number of ether oxygens (including phenoxy) is 1. The van der Waals surface area contributed by atoms with Gasteiger partial charge in [0.1, 0.15) is 11.4 Å². The molecule has 2 aliphatic rings. The normalized spacial score (nSPS) is 23.4. The molecule has 0 radical (unpaired) electrons. The number of rotatable bonds is 2. The van der Waals surface area contributed by atoms with E-state index in [0.717, 1.165) is 64.5 Å². The highest BCUT2D eigenvalue weighted by atomic mass is 19.4. The lowest BCUT2D eigenvalue weighted by Crippen LogP contribution is -2.54. The molecule has 0 saturated heterocycles. The van der Waals surface area contributed by atoms with Crippen LogP contribution in [0.2, 0.25) is 0 Å². The highest BCUT2D eigenvalue weighted by molar-refractivity contribution is 6.13. The Morgan fingerprint density at radius 1 is 0.881 bits per heavy atom. The molecule has 2 heterocycles. The Morgan fingerprint density at radius 2 is 1.60 bits per heavy atom. The first-order valence-corrected chi connectivity index (χ1v) is 14.4. The Hall–Kier alpha value is -4.00. The largest absolute Gasteiger partial charge is 0.486 e. The van der Waals surface area contributed by atoms with E-state index in [1.807, 2.05) is 18.2 Å². The smallest absolute Gasteiger partial charge is 0.416 e. The molecular formula is C35H31F3N2O2. The predicted octanol–water partition coefficient (Wildman–Crippen LogP) is 9.27. The number of benzene rings is 4. The summed E-state index contributed by atoms with van der Waals surface area (Å²) in [4.78, 5) is 23.6. The van der Waals surface area contributed by atoms with E-state index in [4.69, 9.17) is 14.7 Å². The van der Waals surface area contributed by atoms with Crippen molar-refractivity contribution in [1.29, 1.82) is 0 Å². The number of alkyl halides is 3. The predicted molar refractivity (Wildman–Crippen MR) is 158 cm³/mol. The molecule has 42 heavy (non-hydrogen) atoms. The molecule has 3 atom stereocenters. The second-order valence-electron chi connectivity index (χ2n) is 12.8. The van der Waals surface area contributed by atoms with Crippen LogP contribution in [0.1, 0.15) is 79.9 Å². The molecule has 0 unspecified atom stereocenters. The van der Waals surface area contributed by atoms with Crippen LogP contribution in [0.5, 0.6) is 5.75 Å². The number of carbonyl (C=O) groups is 1. The summed E-state index contributed by atoms with van der Waals surface area (Å²) in [5.74, 6) is 1.11. The maximum absolute atomic E-state index is 13.3. The molecule has 1 aliphatic carbocycles. The molecule has 1 saturated carbocycles. The van der Waals surface area contributed by atoms with E-state index < -0.39 is 23.1 Å². The summed E-state index contributed by atoms with van der Waals surface area (Å²) in [6, 6.07) is 17.6. The molecule has 4 aromatic carbocycles. The zero-order valence-corrected chi connectivity index (χ0v) is 24.0. The molecule has 0 N–H and O–H groups in total. The average Bonchev–Trinajstić information content (AvgIpc) is 2.96. The molecule has 0 amide bonds. The molecular weight excluding hydrogens is 537 g/mol. The molecule has 5 aromatic rings. The van der Waals surface area contributed by atoms with E-state index in [9.17, 15) is 18.0 Å². The van der Waals surface area contributed by atoms with Gasteiger partial charge in [0.2, 0.25) is 0 Å². The van der Waals surface area contributed by atoms with Gasteiger partial charge >= 0.3 is 6.18 Å². The van der Waals surface area contributed by atoms with Gasteiger partial charge in [0.05, 0.1) is 27.6 Å². The van der Waals surface area contributed by atoms with Crippen molar-refractivity contribution < 1.29 is 22.7 Å². The van der Waals surface area contributed by atoms with Crippen LogP contribution in [0.3, 0.4) is 0 Å². The zero-order chi connectivity index (χ0) is 29.6. The van der Waals surface area contributed by atoms with Gasteiger partial charge in [-0.1, -0.05) is 56.7 Å². The third-order valence-corrected chi connectivity index (χ3v) is 9.95. The van der Waals surface area contributed by atoms with Crippen LogP contribution < -0.4 is 4.74 Å². The fourth-order valence-electron chi connectivity index (χ4n) is 7.18. The Balaban J connectivity index is 1.46. The van der Waals surface area contributed by atoms with Gasteiger partial charge in [-0.2, -0.15) is 13.2 Å². The number of hydrogen-bond donors (Lipinski definition) is 0. The number of hydrogen-bond acceptors (Lipinski definition) is 4. The highest BCUT2D eigenvalue weighted by Gasteiger charge is 2.56. The summed E-state index contributed by atoms with van der Waals surface area (Å²) in [5, 5.41) is 1.96. The molecule has 7 rings (SSSR count). The van der Waals surface area contributed by atoms with Crippen molar-refractivity contribution in [3.05, 3.63) is 89.0 Å². The van der Waals surface area contributed by atoms with E-state index in [0.29, 0.717) is 17.0 Å². The van der Waals surface area contributed by atoms with Gasteiger partial charge in [-0.05, 0) is 68.9 Å². The summed E-state index contributed by atoms with van der Waals surface area (Å²) in [5.41, 5.74) is 2.64. The van der Waals surface area contributed by atoms with Crippen LogP contribution in [0.4, 0.5) is 13.2 Å². The Morgan fingerprint density at radius 3 is 2.36 bits per heavy atom. The molecule has 1 aliphatic heterocycles. The Bertz CT molecular complexity index is 1930. The number of halogens is 3. The molecule has 7 heteroatoms. The number of ketones is 1. The molecule has 0 spiro atoms. The number of carbonyl (C=O) groups excluding carboxylic acids is 1. The minimum absolute atomic E-state index is 0.0242. The van der Waals surface area contributed by atoms with Crippen LogP contribution in [0.15, 0.2) is 66.7 Å². The van der Waals surface area contributed by atoms with Crippen LogP contribution in [-0.2, 0) is 6.18 Å². The highest BCUT2D eigenvalue weighted by Crippen LogP contribution is 2.62. The van der Waals surface area contributed by atoms with Crippen molar-refractivity contribution in [3.63, 3.8) is 0 Å². The Kier molecular flexibility index (Phi) is 5.76. The molecule has 0 bridgehead atoms. The van der Waals surface area contributed by atoms with Crippen LogP contribution >= 0.6 is 0 Å². The van der Waals surface area contributed by atoms with Crippen molar-refractivity contribution in [1.82, 2.24) is 9.97 Å². The van der Waals surface area contributed by atoms with E-state index in [2.05, 4.69) is 33.8 Å². The van der Waals surface area contributed by atoms with Crippen molar-refractivity contribution in [2.75, 3.05) is 0 Å². The topological polar surface area (TPSA) is 52.1 Å². The minimum atomic E-state index is -4.53. The van der Waals surface area contributed by atoms with E-state index in [1.54, 1.807) is 18.2 Å². The molecule has 214 valence electrons. The Labute approximate surface area is 241 Å². The summed E-state index contributed by atoms with van der Waals surface area (Å²) in [6.07, 6.45) is -1.35. The maximum atomic E-state index is 13.3. The van der Waals surface area contributed by atoms with Crippen molar-refractivity contribution in [3.8, 4) is 5.75 Å². The van der Waals surface area contributed by atoms with Crippen molar-refractivity contribution >= 4 is 38.6 Å². The van der Waals surface area contributed by atoms with Gasteiger partial charge < -0.3 is 4.74 Å². The summed E-state index contributed by atoms with van der Waals surface area (Å²) >= 11 is 0. The first-order chi connectivity index (χ1) is 19.9. The third kappa shape index (κ3) is 3.92. The fraction of sp³-hybridized carbons (Fsp3) is 0.343.